The molecule has 3 rings (SSSR count). The van der Waals surface area contributed by atoms with Gasteiger partial charge in [-0.3, -0.25) is 0 Å². The van der Waals surface area contributed by atoms with Crippen molar-refractivity contribution in [1.82, 2.24) is 5.32 Å². The summed E-state index contributed by atoms with van der Waals surface area (Å²) >= 11 is 7.64. The second-order valence-electron chi connectivity index (χ2n) is 6.41. The first kappa shape index (κ1) is 20.4. The molecule has 0 bridgehead atoms. The van der Waals surface area contributed by atoms with Crippen molar-refractivity contribution in [1.29, 1.82) is 5.26 Å². The molecule has 3 nitrogen and oxygen atoms in total. The fraction of sp³-hybridized carbons (Fsp3) is 0.174. The molecule has 0 spiro atoms. The van der Waals surface area contributed by atoms with Crippen LogP contribution >= 0.6 is 23.4 Å². The van der Waals surface area contributed by atoms with Gasteiger partial charge in [-0.2, -0.15) is 5.26 Å². The molecule has 28 heavy (non-hydrogen) atoms. The number of nitriles is 1. The maximum absolute atomic E-state index is 10.2. The van der Waals surface area contributed by atoms with Gasteiger partial charge in [-0.25, -0.2) is 0 Å². The van der Waals surface area contributed by atoms with Crippen LogP contribution in [0.1, 0.15) is 22.8 Å². The van der Waals surface area contributed by atoms with Crippen LogP contribution in [0.15, 0.2) is 82.6 Å². The number of hydrogen-bond acceptors (Lipinski definition) is 4. The summed E-state index contributed by atoms with van der Waals surface area (Å²) in [5.74, 6) is 0. The molecule has 0 saturated carbocycles. The van der Waals surface area contributed by atoms with Crippen LogP contribution in [0.5, 0.6) is 0 Å². The number of nitrogens with one attached hydrogen (secondary N) is 1. The summed E-state index contributed by atoms with van der Waals surface area (Å²) in [7, 11) is 0. The second kappa shape index (κ2) is 10.3. The molecular weight excluding hydrogens is 388 g/mol. The van der Waals surface area contributed by atoms with Crippen molar-refractivity contribution in [2.45, 2.75) is 22.3 Å². The van der Waals surface area contributed by atoms with Crippen LogP contribution in [-0.2, 0) is 6.42 Å². The lowest BCUT2D eigenvalue weighted by molar-refractivity contribution is 0.175. The highest BCUT2D eigenvalue weighted by atomic mass is 35.5. The van der Waals surface area contributed by atoms with E-state index in [1.807, 2.05) is 36.4 Å². The molecule has 1 atom stereocenters. The van der Waals surface area contributed by atoms with Crippen molar-refractivity contribution in [3.8, 4) is 6.07 Å². The van der Waals surface area contributed by atoms with E-state index in [1.165, 1.54) is 5.56 Å². The van der Waals surface area contributed by atoms with E-state index in [-0.39, 0.29) is 0 Å². The first-order valence-electron chi connectivity index (χ1n) is 9.05. The lowest BCUT2D eigenvalue weighted by atomic mass is 10.1. The number of aliphatic hydroxyl groups excluding tert-OH is 1. The maximum atomic E-state index is 10.2. The Hall–Kier alpha value is -2.29. The lowest BCUT2D eigenvalue weighted by Gasteiger charge is -2.12. The molecule has 0 saturated heterocycles. The molecule has 2 N–H and O–H groups in total. The average Bonchev–Trinajstić information content (AvgIpc) is 2.73. The van der Waals surface area contributed by atoms with Crippen LogP contribution in [0.2, 0.25) is 5.02 Å². The molecule has 3 aromatic rings. The van der Waals surface area contributed by atoms with Gasteiger partial charge in [0, 0.05) is 21.4 Å². The van der Waals surface area contributed by atoms with Gasteiger partial charge in [0.05, 0.1) is 17.7 Å². The summed E-state index contributed by atoms with van der Waals surface area (Å²) < 4.78 is 0. The SMILES string of the molecule is N#Cc1ccc(Sc2ccc(CCNC[C@H](O)c3cccc(Cl)c3)cc2)cc1. The van der Waals surface area contributed by atoms with Gasteiger partial charge in [-0.1, -0.05) is 47.6 Å². The molecule has 0 aliphatic carbocycles. The van der Waals surface area contributed by atoms with E-state index < -0.39 is 6.10 Å². The van der Waals surface area contributed by atoms with Crippen molar-refractivity contribution in [3.05, 3.63) is 94.5 Å². The summed E-state index contributed by atoms with van der Waals surface area (Å²) in [6.45, 7) is 1.28. The Morgan fingerprint density at radius 3 is 2.32 bits per heavy atom. The quantitative estimate of drug-likeness (QED) is 0.501. The van der Waals surface area contributed by atoms with Crippen LogP contribution in [0, 0.1) is 11.3 Å². The van der Waals surface area contributed by atoms with Crippen LogP contribution in [0.3, 0.4) is 0 Å². The van der Waals surface area contributed by atoms with E-state index in [9.17, 15) is 5.11 Å². The Bertz CT molecular complexity index is 936. The molecule has 0 heterocycles. The number of nitrogens with zero attached hydrogens (tertiary/aromatic N) is 1. The summed E-state index contributed by atoms with van der Waals surface area (Å²) in [4.78, 5) is 2.28. The highest BCUT2D eigenvalue weighted by molar-refractivity contribution is 7.99. The minimum atomic E-state index is -0.565. The van der Waals surface area contributed by atoms with Crippen molar-refractivity contribution in [2.75, 3.05) is 13.1 Å². The normalized spacial score (nSPS) is 11.8. The smallest absolute Gasteiger partial charge is 0.0991 e. The molecule has 5 heteroatoms. The monoisotopic (exact) mass is 408 g/mol. The molecule has 0 amide bonds. The Balaban J connectivity index is 1.43. The van der Waals surface area contributed by atoms with Gasteiger partial charge in [0.15, 0.2) is 0 Å². The summed E-state index contributed by atoms with van der Waals surface area (Å²) in [6.07, 6.45) is 0.328. The highest BCUT2D eigenvalue weighted by Gasteiger charge is 2.07. The Kier molecular flexibility index (Phi) is 7.53. The van der Waals surface area contributed by atoms with Crippen molar-refractivity contribution in [3.63, 3.8) is 0 Å². The largest absolute Gasteiger partial charge is 0.387 e. The second-order valence-corrected chi connectivity index (χ2v) is 7.99. The van der Waals surface area contributed by atoms with Gasteiger partial charge in [-0.05, 0) is 72.6 Å². The molecule has 0 radical (unpaired) electrons. The van der Waals surface area contributed by atoms with Gasteiger partial charge in [0.25, 0.3) is 0 Å². The van der Waals surface area contributed by atoms with Crippen LogP contribution in [0.25, 0.3) is 0 Å². The maximum Gasteiger partial charge on any atom is 0.0991 e. The number of aliphatic hydroxyl groups is 1. The molecule has 142 valence electrons. The summed E-state index contributed by atoms with van der Waals surface area (Å²) in [5, 5.41) is 23.0. The Morgan fingerprint density at radius 2 is 1.68 bits per heavy atom. The third-order valence-electron chi connectivity index (χ3n) is 4.30. The number of benzene rings is 3. The molecule has 0 aliphatic heterocycles. The third-order valence-corrected chi connectivity index (χ3v) is 5.55. The lowest BCUT2D eigenvalue weighted by Crippen LogP contribution is -2.23. The zero-order chi connectivity index (χ0) is 19.8. The minimum absolute atomic E-state index is 0.493. The van der Waals surface area contributed by atoms with E-state index in [0.29, 0.717) is 17.1 Å². The fourth-order valence-electron chi connectivity index (χ4n) is 2.76. The van der Waals surface area contributed by atoms with Crippen molar-refractivity contribution in [2.24, 2.45) is 0 Å². The predicted molar refractivity (Wildman–Crippen MR) is 115 cm³/mol. The number of hydrogen-bond donors (Lipinski definition) is 2. The van der Waals surface area contributed by atoms with Crippen LogP contribution in [0.4, 0.5) is 0 Å². The standard InChI is InChI=1S/C23H21ClN2OS/c24-20-3-1-2-19(14-20)23(27)16-26-13-12-17-4-8-21(9-5-17)28-22-10-6-18(15-25)7-11-22/h1-11,14,23,26-27H,12-13,16H2/t23-/m0/s1. The first-order chi connectivity index (χ1) is 13.6. The zero-order valence-electron chi connectivity index (χ0n) is 15.3. The first-order valence-corrected chi connectivity index (χ1v) is 10.2. The number of rotatable bonds is 8. The number of halogens is 1. The van der Waals surface area contributed by atoms with Crippen LogP contribution < -0.4 is 5.32 Å². The molecular formula is C23H21ClN2OS. The van der Waals surface area contributed by atoms with Gasteiger partial charge >= 0.3 is 0 Å². The van der Waals surface area contributed by atoms with E-state index in [2.05, 4.69) is 35.7 Å². The van der Waals surface area contributed by atoms with Gasteiger partial charge in [-0.15, -0.1) is 0 Å². The molecule has 3 aromatic carbocycles. The Labute approximate surface area is 175 Å². The van der Waals surface area contributed by atoms with Crippen LogP contribution in [-0.4, -0.2) is 18.2 Å². The fourth-order valence-corrected chi connectivity index (χ4v) is 3.78. The average molecular weight is 409 g/mol. The predicted octanol–water partition coefficient (Wildman–Crippen LogP) is 5.23. The van der Waals surface area contributed by atoms with Gasteiger partial charge < -0.3 is 10.4 Å². The summed E-state index contributed by atoms with van der Waals surface area (Å²) in [5.41, 5.74) is 2.74. The molecule has 0 aromatic heterocycles. The molecule has 0 fully saturated rings. The molecule has 0 aliphatic rings. The third kappa shape index (κ3) is 6.12. The van der Waals surface area contributed by atoms with E-state index in [1.54, 1.807) is 23.9 Å². The van der Waals surface area contributed by atoms with E-state index in [4.69, 9.17) is 16.9 Å². The summed E-state index contributed by atoms with van der Waals surface area (Å²) in [6, 6.07) is 25.5. The van der Waals surface area contributed by atoms with E-state index >= 15 is 0 Å². The Morgan fingerprint density at radius 1 is 1.00 bits per heavy atom. The van der Waals surface area contributed by atoms with Gasteiger partial charge in [0.2, 0.25) is 0 Å². The highest BCUT2D eigenvalue weighted by Crippen LogP contribution is 2.28. The molecule has 0 unspecified atom stereocenters. The zero-order valence-corrected chi connectivity index (χ0v) is 16.9. The minimum Gasteiger partial charge on any atom is -0.387 e. The van der Waals surface area contributed by atoms with Gasteiger partial charge in [0.1, 0.15) is 0 Å². The van der Waals surface area contributed by atoms with E-state index in [0.717, 1.165) is 28.3 Å². The topological polar surface area (TPSA) is 56.0 Å². The van der Waals surface area contributed by atoms with Crippen molar-refractivity contribution >= 4 is 23.4 Å². The van der Waals surface area contributed by atoms with Crippen molar-refractivity contribution < 1.29 is 5.11 Å².